The van der Waals surface area contributed by atoms with Crippen molar-refractivity contribution in [2.45, 2.75) is 69.9 Å². The van der Waals surface area contributed by atoms with Gasteiger partial charge in [0.05, 0.1) is 6.61 Å². The van der Waals surface area contributed by atoms with Crippen LogP contribution in [0.1, 0.15) is 57.8 Å². The van der Waals surface area contributed by atoms with Crippen molar-refractivity contribution in [1.29, 1.82) is 0 Å². The standard InChI is InChI=1S/C17H30N2O5/c20-9-10-24-17(23)19-15-7-3-13(4-8-15)11-12-1-5-14(6-2-12)18-16(21)22/h12-15,18,20H,1-11H2,(H,19,23)(H,21,22). The maximum Gasteiger partial charge on any atom is 0.407 e. The van der Waals surface area contributed by atoms with Crippen molar-refractivity contribution in [1.82, 2.24) is 10.6 Å². The van der Waals surface area contributed by atoms with Gasteiger partial charge in [-0.25, -0.2) is 9.59 Å². The summed E-state index contributed by atoms with van der Waals surface area (Å²) in [5.41, 5.74) is 0. The number of rotatable bonds is 6. The topological polar surface area (TPSA) is 108 Å². The molecule has 138 valence electrons. The first-order valence-corrected chi connectivity index (χ1v) is 9.10. The van der Waals surface area contributed by atoms with E-state index in [1.54, 1.807) is 0 Å². The lowest BCUT2D eigenvalue weighted by atomic mass is 9.76. The smallest absolute Gasteiger partial charge is 0.407 e. The maximum absolute atomic E-state index is 11.5. The number of hydrogen-bond donors (Lipinski definition) is 4. The van der Waals surface area contributed by atoms with Gasteiger partial charge < -0.3 is 25.6 Å². The van der Waals surface area contributed by atoms with Crippen molar-refractivity contribution < 1.29 is 24.5 Å². The second-order valence-corrected chi connectivity index (χ2v) is 7.12. The minimum atomic E-state index is -0.915. The largest absolute Gasteiger partial charge is 0.465 e. The van der Waals surface area contributed by atoms with Crippen LogP contribution >= 0.6 is 0 Å². The molecule has 2 amide bonds. The molecule has 7 nitrogen and oxygen atoms in total. The van der Waals surface area contributed by atoms with Gasteiger partial charge in [0.2, 0.25) is 0 Å². The van der Waals surface area contributed by atoms with Crippen molar-refractivity contribution in [3.63, 3.8) is 0 Å². The van der Waals surface area contributed by atoms with Crippen molar-refractivity contribution in [3.8, 4) is 0 Å². The van der Waals surface area contributed by atoms with E-state index in [1.807, 2.05) is 0 Å². The Kier molecular flexibility index (Phi) is 7.62. The molecular weight excluding hydrogens is 312 g/mol. The third kappa shape index (κ3) is 6.55. The number of ether oxygens (including phenoxy) is 1. The first-order chi connectivity index (χ1) is 11.6. The van der Waals surface area contributed by atoms with Crippen LogP contribution < -0.4 is 10.6 Å². The van der Waals surface area contributed by atoms with Gasteiger partial charge in [-0.15, -0.1) is 0 Å². The predicted molar refractivity (Wildman–Crippen MR) is 88.8 cm³/mol. The molecule has 2 aliphatic rings. The summed E-state index contributed by atoms with van der Waals surface area (Å²) in [4.78, 5) is 22.2. The second kappa shape index (κ2) is 9.71. The Morgan fingerprint density at radius 3 is 1.83 bits per heavy atom. The van der Waals surface area contributed by atoms with Crippen LogP contribution in [0, 0.1) is 11.8 Å². The van der Waals surface area contributed by atoms with E-state index in [4.69, 9.17) is 14.9 Å². The molecule has 0 spiro atoms. The quantitative estimate of drug-likeness (QED) is 0.593. The Balaban J connectivity index is 1.60. The van der Waals surface area contributed by atoms with E-state index in [1.165, 1.54) is 6.42 Å². The molecule has 0 saturated heterocycles. The number of aliphatic hydroxyl groups excluding tert-OH is 1. The van der Waals surface area contributed by atoms with E-state index in [9.17, 15) is 9.59 Å². The lowest BCUT2D eigenvalue weighted by Crippen LogP contribution is -2.39. The minimum Gasteiger partial charge on any atom is -0.465 e. The fraction of sp³-hybridized carbons (Fsp3) is 0.882. The first kappa shape index (κ1) is 18.8. The zero-order chi connectivity index (χ0) is 17.4. The highest BCUT2D eigenvalue weighted by atomic mass is 16.6. The monoisotopic (exact) mass is 342 g/mol. The van der Waals surface area contributed by atoms with E-state index >= 15 is 0 Å². The molecule has 0 aromatic rings. The molecule has 0 aromatic carbocycles. The molecule has 0 heterocycles. The van der Waals surface area contributed by atoms with E-state index in [-0.39, 0.29) is 25.3 Å². The van der Waals surface area contributed by atoms with Gasteiger partial charge in [-0.1, -0.05) is 0 Å². The Bertz CT molecular complexity index is 402. The normalized spacial score (nSPS) is 30.4. The lowest BCUT2D eigenvalue weighted by molar-refractivity contribution is 0.112. The van der Waals surface area contributed by atoms with Crippen LogP contribution in [0.4, 0.5) is 9.59 Å². The van der Waals surface area contributed by atoms with Crippen molar-refractivity contribution in [3.05, 3.63) is 0 Å². The molecule has 0 atom stereocenters. The Labute approximate surface area is 143 Å². The molecule has 0 radical (unpaired) electrons. The van der Waals surface area contributed by atoms with E-state index in [0.29, 0.717) is 11.8 Å². The molecular formula is C17H30N2O5. The van der Waals surface area contributed by atoms with Crippen LogP contribution in [0.15, 0.2) is 0 Å². The summed E-state index contributed by atoms with van der Waals surface area (Å²) in [5, 5.41) is 22.9. The van der Waals surface area contributed by atoms with Gasteiger partial charge >= 0.3 is 12.2 Å². The number of carboxylic acid groups (broad SMARTS) is 1. The molecule has 0 unspecified atom stereocenters. The van der Waals surface area contributed by atoms with E-state index < -0.39 is 12.2 Å². The highest BCUT2D eigenvalue weighted by molar-refractivity contribution is 5.67. The van der Waals surface area contributed by atoms with Gasteiger partial charge in [0, 0.05) is 12.1 Å². The Morgan fingerprint density at radius 1 is 0.875 bits per heavy atom. The van der Waals surface area contributed by atoms with Crippen molar-refractivity contribution >= 4 is 12.2 Å². The van der Waals surface area contributed by atoms with Gasteiger partial charge in [-0.05, 0) is 69.6 Å². The highest BCUT2D eigenvalue weighted by Crippen LogP contribution is 2.35. The van der Waals surface area contributed by atoms with Gasteiger partial charge in [0.25, 0.3) is 0 Å². The molecule has 2 rings (SSSR count). The van der Waals surface area contributed by atoms with Crippen molar-refractivity contribution in [2.24, 2.45) is 11.8 Å². The lowest BCUT2D eigenvalue weighted by Gasteiger charge is -2.34. The fourth-order valence-corrected chi connectivity index (χ4v) is 4.08. The molecule has 0 bridgehead atoms. The number of hydrogen-bond acceptors (Lipinski definition) is 4. The van der Waals surface area contributed by atoms with Gasteiger partial charge in [0.15, 0.2) is 0 Å². The van der Waals surface area contributed by atoms with E-state index in [2.05, 4.69) is 10.6 Å². The minimum absolute atomic E-state index is 0.0422. The molecule has 4 N–H and O–H groups in total. The second-order valence-electron chi connectivity index (χ2n) is 7.12. The van der Waals surface area contributed by atoms with Crippen LogP contribution in [-0.2, 0) is 4.74 Å². The number of nitrogens with one attached hydrogen (secondary N) is 2. The van der Waals surface area contributed by atoms with Gasteiger partial charge in [-0.3, -0.25) is 0 Å². The molecule has 2 saturated carbocycles. The van der Waals surface area contributed by atoms with Crippen LogP contribution in [-0.4, -0.2) is 47.7 Å². The Hall–Kier alpha value is -1.50. The SMILES string of the molecule is O=C(O)NC1CCC(CC2CCC(NC(=O)OCCO)CC2)CC1. The molecule has 2 aliphatic carbocycles. The zero-order valence-corrected chi connectivity index (χ0v) is 14.2. The summed E-state index contributed by atoms with van der Waals surface area (Å²) in [5.74, 6) is 1.42. The van der Waals surface area contributed by atoms with Crippen LogP contribution in [0.3, 0.4) is 0 Å². The number of carbonyl (C=O) groups is 2. The summed E-state index contributed by atoms with van der Waals surface area (Å²) < 4.78 is 4.83. The van der Waals surface area contributed by atoms with Crippen LogP contribution in [0.25, 0.3) is 0 Å². The van der Waals surface area contributed by atoms with Gasteiger partial charge in [0.1, 0.15) is 6.61 Å². The summed E-state index contributed by atoms with van der Waals surface area (Å²) >= 11 is 0. The first-order valence-electron chi connectivity index (χ1n) is 9.10. The third-order valence-electron chi connectivity index (χ3n) is 5.33. The fourth-order valence-electron chi connectivity index (χ4n) is 4.08. The molecule has 2 fully saturated rings. The summed E-state index contributed by atoms with van der Waals surface area (Å²) in [6, 6.07) is 0.312. The average molecular weight is 342 g/mol. The number of amides is 2. The number of aliphatic hydroxyl groups is 1. The predicted octanol–water partition coefficient (Wildman–Crippen LogP) is 2.48. The van der Waals surface area contributed by atoms with Crippen LogP contribution in [0.2, 0.25) is 0 Å². The average Bonchev–Trinajstić information content (AvgIpc) is 2.56. The molecule has 24 heavy (non-hydrogen) atoms. The number of alkyl carbamates (subject to hydrolysis) is 1. The summed E-state index contributed by atoms with van der Waals surface area (Å²) in [6.07, 6.45) is 8.20. The summed E-state index contributed by atoms with van der Waals surface area (Å²) in [7, 11) is 0. The summed E-state index contributed by atoms with van der Waals surface area (Å²) in [6.45, 7) is -0.106. The molecule has 7 heteroatoms. The van der Waals surface area contributed by atoms with Crippen molar-refractivity contribution in [2.75, 3.05) is 13.2 Å². The van der Waals surface area contributed by atoms with Gasteiger partial charge in [-0.2, -0.15) is 0 Å². The maximum atomic E-state index is 11.5. The highest BCUT2D eigenvalue weighted by Gasteiger charge is 2.28. The zero-order valence-electron chi connectivity index (χ0n) is 14.2. The third-order valence-corrected chi connectivity index (χ3v) is 5.33. The molecule has 0 aromatic heterocycles. The molecule has 0 aliphatic heterocycles. The van der Waals surface area contributed by atoms with E-state index in [0.717, 1.165) is 51.4 Å². The van der Waals surface area contributed by atoms with Crippen LogP contribution in [0.5, 0.6) is 0 Å². The number of carbonyl (C=O) groups excluding carboxylic acids is 1. The Morgan fingerprint density at radius 2 is 1.38 bits per heavy atom.